The molecule has 0 radical (unpaired) electrons. The van der Waals surface area contributed by atoms with Crippen molar-refractivity contribution in [1.29, 1.82) is 0 Å². The minimum Gasteiger partial charge on any atom is -0.0619 e. The largest absolute Gasteiger partial charge is 0.0619 e. The summed E-state index contributed by atoms with van der Waals surface area (Å²) < 4.78 is 0. The second-order valence-electron chi connectivity index (χ2n) is 8.39. The molecular weight excluding hydrogens is 348 g/mol. The zero-order chi connectivity index (χ0) is 19.2. The van der Waals surface area contributed by atoms with E-state index < -0.39 is 0 Å². The number of hydrogen-bond acceptors (Lipinski definition) is 0. The molecule has 0 atom stereocenters. The van der Waals surface area contributed by atoms with E-state index in [1.807, 2.05) is 0 Å². The Kier molecular flexibility index (Phi) is 3.90. The summed E-state index contributed by atoms with van der Waals surface area (Å²) in [7, 11) is 0. The van der Waals surface area contributed by atoms with Crippen molar-refractivity contribution < 1.29 is 0 Å². The molecule has 0 spiro atoms. The maximum atomic E-state index is 2.33. The highest BCUT2D eigenvalue weighted by atomic mass is 14.3. The third kappa shape index (κ3) is 2.59. The van der Waals surface area contributed by atoms with Gasteiger partial charge in [-0.1, -0.05) is 103 Å². The van der Waals surface area contributed by atoms with Crippen LogP contribution in [0.3, 0.4) is 0 Å². The van der Waals surface area contributed by atoms with E-state index >= 15 is 0 Å². The van der Waals surface area contributed by atoms with E-state index in [0.29, 0.717) is 11.8 Å². The van der Waals surface area contributed by atoms with Gasteiger partial charge in [0.1, 0.15) is 0 Å². The van der Waals surface area contributed by atoms with Crippen LogP contribution in [0.15, 0.2) is 97.1 Å². The first-order valence-electron chi connectivity index (χ1n) is 10.8. The van der Waals surface area contributed by atoms with Crippen molar-refractivity contribution in [3.8, 4) is 22.3 Å². The molecule has 0 heterocycles. The van der Waals surface area contributed by atoms with Gasteiger partial charge in [-0.05, 0) is 57.3 Å². The van der Waals surface area contributed by atoms with E-state index in [-0.39, 0.29) is 0 Å². The molecule has 2 aliphatic rings. The zero-order valence-corrected chi connectivity index (χ0v) is 16.5. The van der Waals surface area contributed by atoms with Crippen LogP contribution in [0.5, 0.6) is 0 Å². The van der Waals surface area contributed by atoms with Crippen molar-refractivity contribution in [2.45, 2.75) is 31.1 Å². The normalized spacial score (nSPS) is 14.3. The highest BCUT2D eigenvalue weighted by Gasteiger charge is 2.30. The summed E-state index contributed by atoms with van der Waals surface area (Å²) in [6, 6.07) is 36.0. The maximum Gasteiger partial charge on any atom is 0.0102 e. The summed E-state index contributed by atoms with van der Waals surface area (Å²) in [5, 5.41) is 0. The van der Waals surface area contributed by atoms with E-state index in [2.05, 4.69) is 97.1 Å². The van der Waals surface area contributed by atoms with E-state index in [0.717, 1.165) is 0 Å². The number of benzene rings is 4. The Morgan fingerprint density at radius 3 is 0.966 bits per heavy atom. The molecule has 6 rings (SSSR count). The lowest BCUT2D eigenvalue weighted by atomic mass is 9.87. The molecule has 0 aliphatic heterocycles. The van der Waals surface area contributed by atoms with Crippen LogP contribution in [-0.4, -0.2) is 0 Å². The summed E-state index contributed by atoms with van der Waals surface area (Å²) in [4.78, 5) is 0. The number of hydrogen-bond donors (Lipinski definition) is 0. The van der Waals surface area contributed by atoms with E-state index in [4.69, 9.17) is 0 Å². The third-order valence-electron chi connectivity index (χ3n) is 6.91. The van der Waals surface area contributed by atoms with Crippen molar-refractivity contribution in [2.75, 3.05) is 0 Å². The molecule has 0 heteroatoms. The fraction of sp³-hybridized carbons (Fsp3) is 0.172. The third-order valence-corrected chi connectivity index (χ3v) is 6.91. The molecule has 0 unspecified atom stereocenters. The predicted molar refractivity (Wildman–Crippen MR) is 121 cm³/mol. The number of fused-ring (bicyclic) bond motifs is 6. The molecule has 0 aromatic heterocycles. The van der Waals surface area contributed by atoms with E-state index in [9.17, 15) is 0 Å². The standard InChI is InChI=1S/C29H24/c1-5-14-24-20(10-1)21-11-2-6-15-25(21)28(24)18-9-19-29-26-16-7-3-12-22(26)23-13-4-8-17-27(23)29/h1-8,10-17,28-29H,9,18-19H2. The molecular formula is C29H24. The molecule has 0 amide bonds. The van der Waals surface area contributed by atoms with Crippen LogP contribution in [0.1, 0.15) is 53.4 Å². The van der Waals surface area contributed by atoms with Crippen molar-refractivity contribution >= 4 is 0 Å². The van der Waals surface area contributed by atoms with Gasteiger partial charge in [-0.2, -0.15) is 0 Å². The van der Waals surface area contributed by atoms with Crippen molar-refractivity contribution in [3.63, 3.8) is 0 Å². The highest BCUT2D eigenvalue weighted by Crippen LogP contribution is 2.49. The molecule has 4 aromatic rings. The second kappa shape index (κ2) is 6.74. The van der Waals surface area contributed by atoms with E-state index in [1.165, 1.54) is 63.8 Å². The predicted octanol–water partition coefficient (Wildman–Crippen LogP) is 7.78. The van der Waals surface area contributed by atoms with Crippen LogP contribution in [-0.2, 0) is 0 Å². The van der Waals surface area contributed by atoms with Gasteiger partial charge in [-0.25, -0.2) is 0 Å². The Hall–Kier alpha value is -3.12. The molecule has 4 aromatic carbocycles. The van der Waals surface area contributed by atoms with Crippen LogP contribution in [0, 0.1) is 0 Å². The van der Waals surface area contributed by atoms with E-state index in [1.54, 1.807) is 0 Å². The Morgan fingerprint density at radius 2 is 0.655 bits per heavy atom. The topological polar surface area (TPSA) is 0 Å². The molecule has 140 valence electrons. The molecule has 2 aliphatic carbocycles. The summed E-state index contributed by atoms with van der Waals surface area (Å²) in [6.45, 7) is 0. The summed E-state index contributed by atoms with van der Waals surface area (Å²) in [6.07, 6.45) is 3.67. The van der Waals surface area contributed by atoms with Gasteiger partial charge in [0.25, 0.3) is 0 Å². The fourth-order valence-corrected chi connectivity index (χ4v) is 5.67. The van der Waals surface area contributed by atoms with Crippen LogP contribution >= 0.6 is 0 Å². The van der Waals surface area contributed by atoms with Crippen LogP contribution < -0.4 is 0 Å². The lowest BCUT2D eigenvalue weighted by molar-refractivity contribution is 0.601. The summed E-state index contributed by atoms with van der Waals surface area (Å²) >= 11 is 0. The molecule has 0 nitrogen and oxygen atoms in total. The first kappa shape index (κ1) is 16.8. The molecule has 0 saturated heterocycles. The van der Waals surface area contributed by atoms with Crippen molar-refractivity contribution in [1.82, 2.24) is 0 Å². The van der Waals surface area contributed by atoms with Gasteiger partial charge < -0.3 is 0 Å². The lowest BCUT2D eigenvalue weighted by Gasteiger charge is -2.17. The Morgan fingerprint density at radius 1 is 0.379 bits per heavy atom. The SMILES string of the molecule is c1ccc2c(c1)-c1ccccc1C2CCCC1c2ccccc2-c2ccccc21. The molecule has 0 bridgehead atoms. The molecule has 29 heavy (non-hydrogen) atoms. The Labute approximate surface area is 172 Å². The number of rotatable bonds is 4. The van der Waals surface area contributed by atoms with Gasteiger partial charge in [0.2, 0.25) is 0 Å². The van der Waals surface area contributed by atoms with Crippen LogP contribution in [0.2, 0.25) is 0 Å². The lowest BCUT2D eigenvalue weighted by Crippen LogP contribution is -2.01. The van der Waals surface area contributed by atoms with Crippen LogP contribution in [0.4, 0.5) is 0 Å². The van der Waals surface area contributed by atoms with Crippen LogP contribution in [0.25, 0.3) is 22.3 Å². The Balaban J connectivity index is 1.28. The first-order valence-corrected chi connectivity index (χ1v) is 10.8. The van der Waals surface area contributed by atoms with Gasteiger partial charge in [-0.15, -0.1) is 0 Å². The summed E-state index contributed by atoms with van der Waals surface area (Å²) in [5.41, 5.74) is 11.8. The van der Waals surface area contributed by atoms with Crippen molar-refractivity contribution in [2.24, 2.45) is 0 Å². The fourth-order valence-electron chi connectivity index (χ4n) is 5.67. The molecule has 0 fully saturated rings. The van der Waals surface area contributed by atoms with Gasteiger partial charge in [-0.3, -0.25) is 0 Å². The van der Waals surface area contributed by atoms with Crippen molar-refractivity contribution in [3.05, 3.63) is 119 Å². The van der Waals surface area contributed by atoms with Gasteiger partial charge in [0.05, 0.1) is 0 Å². The molecule has 0 N–H and O–H groups in total. The zero-order valence-electron chi connectivity index (χ0n) is 16.5. The van der Waals surface area contributed by atoms with Gasteiger partial charge in [0, 0.05) is 11.8 Å². The Bertz CT molecular complexity index is 1010. The monoisotopic (exact) mass is 372 g/mol. The quantitative estimate of drug-likeness (QED) is 0.343. The average Bonchev–Trinajstić information content (AvgIpc) is 3.28. The molecule has 0 saturated carbocycles. The second-order valence-corrected chi connectivity index (χ2v) is 8.39. The smallest absolute Gasteiger partial charge is 0.0102 e. The average molecular weight is 373 g/mol. The maximum absolute atomic E-state index is 2.33. The highest BCUT2D eigenvalue weighted by molar-refractivity contribution is 5.79. The van der Waals surface area contributed by atoms with Gasteiger partial charge >= 0.3 is 0 Å². The summed E-state index contributed by atoms with van der Waals surface area (Å²) in [5.74, 6) is 1.07. The minimum atomic E-state index is 0.536. The minimum absolute atomic E-state index is 0.536. The first-order chi connectivity index (χ1) is 14.4. The van der Waals surface area contributed by atoms with Gasteiger partial charge in [0.15, 0.2) is 0 Å².